The van der Waals surface area contributed by atoms with E-state index in [1.54, 1.807) is 70.5 Å². The number of hydrogen-bond acceptors (Lipinski definition) is 31. The molecule has 120 heavy (non-hydrogen) atoms. The summed E-state index contributed by atoms with van der Waals surface area (Å²) in [4.78, 5) is 150. The van der Waals surface area contributed by atoms with E-state index in [-0.39, 0.29) is 117 Å². The van der Waals surface area contributed by atoms with Crippen molar-refractivity contribution in [3.8, 4) is 30.0 Å². The van der Waals surface area contributed by atoms with E-state index in [1.807, 2.05) is 36.2 Å². The Hall–Kier alpha value is -14.2. The number of anilines is 10. The van der Waals surface area contributed by atoms with E-state index in [4.69, 9.17) is 46.2 Å². The minimum atomic E-state index is -0.565. The van der Waals surface area contributed by atoms with Gasteiger partial charge < -0.3 is 50.0 Å². The van der Waals surface area contributed by atoms with Crippen LogP contribution in [-0.2, 0) is 38.8 Å². The average molecular weight is 1660 g/mol. The van der Waals surface area contributed by atoms with Crippen LogP contribution in [0.5, 0.6) is 5.75 Å². The average Bonchev–Trinajstić information content (AvgIpc) is 0.814. The van der Waals surface area contributed by atoms with Gasteiger partial charge in [-0.15, -0.1) is 0 Å². The Bertz CT molecular complexity index is 5150. The van der Waals surface area contributed by atoms with Crippen molar-refractivity contribution in [1.29, 1.82) is 21.0 Å². The van der Waals surface area contributed by atoms with Crippen molar-refractivity contribution in [2.45, 2.75) is 51.5 Å². The zero-order valence-corrected chi connectivity index (χ0v) is 67.7. The number of aliphatic hydroxyl groups is 2. The van der Waals surface area contributed by atoms with Gasteiger partial charge in [0.25, 0.3) is 0 Å². The van der Waals surface area contributed by atoms with Crippen molar-refractivity contribution < 1.29 is 72.3 Å². The molecular weight excluding hydrogens is 1570 g/mol. The monoisotopic (exact) mass is 1660 g/mol. The zero-order chi connectivity index (χ0) is 87.4. The summed E-state index contributed by atoms with van der Waals surface area (Å²) in [7, 11) is 12.6. The maximum atomic E-state index is 12.8. The van der Waals surface area contributed by atoms with E-state index in [0.717, 1.165) is 44.3 Å². The highest BCUT2D eigenvalue weighted by molar-refractivity contribution is 6.32. The van der Waals surface area contributed by atoms with Crippen LogP contribution in [0.2, 0.25) is 5.02 Å². The van der Waals surface area contributed by atoms with Crippen molar-refractivity contribution in [1.82, 2.24) is 55.0 Å². The number of carbonyl (C=O) groups excluding carboxylic acids is 9. The number of methoxy groups -OCH3 is 3. The van der Waals surface area contributed by atoms with Crippen LogP contribution < -0.4 is 61.6 Å². The number of pyridine rings is 8. The number of likely N-dealkylation sites (N-methyl/N-ethyl adjacent to an activating group) is 1. The summed E-state index contributed by atoms with van der Waals surface area (Å²) in [5.41, 5.74) is 5.03. The third kappa shape index (κ3) is 26.4. The molecule has 2 aliphatic rings. The second kappa shape index (κ2) is 47.1. The van der Waals surface area contributed by atoms with Gasteiger partial charge in [0, 0.05) is 142 Å². The van der Waals surface area contributed by atoms with Crippen LogP contribution in [0.25, 0.3) is 0 Å². The minimum absolute atomic E-state index is 0.0175. The molecule has 10 rings (SSSR count). The first-order valence-electron chi connectivity index (χ1n) is 36.6. The number of piperazine rings is 1. The quantitative estimate of drug-likeness (QED) is 0.0165. The number of hydrogen-bond donors (Lipinski definition) is 9. The van der Waals surface area contributed by atoms with Crippen LogP contribution in [0.4, 0.5) is 77.1 Å². The number of nitriles is 4. The van der Waals surface area contributed by atoms with Gasteiger partial charge in [-0.1, -0.05) is 35.9 Å². The third-order valence-corrected chi connectivity index (χ3v) is 18.2. The number of piperidine rings is 1. The molecule has 2 saturated heterocycles. The SMILES string of the molecule is CN(C(=O)Nc1cc(Cl)c(C#N)cn1)c1ccc(CO)c(C=O)n1.COCCNc1cc(NC(=O)N(C)c2ccc(C3CCNCC3)c(C=O)n2)ncc1C#N.COCCNc1cc(NC(=O)N(C)c2ccc(CO)c(C=O)n2)ncc1C#N.COC[C@H](C)Oc1cc(NC(=O)N(C)c2ccc(CN3CCN(C)CC3=O)c(C=O)n2)ncc1C#N. The molecule has 9 N–H and O–H groups in total. The molecule has 0 aliphatic carbocycles. The fourth-order valence-corrected chi connectivity index (χ4v) is 11.4. The Labute approximate surface area is 695 Å². The van der Waals surface area contributed by atoms with Crippen molar-refractivity contribution in [2.24, 2.45) is 0 Å². The highest BCUT2D eigenvalue weighted by Crippen LogP contribution is 2.30. The van der Waals surface area contributed by atoms with E-state index in [2.05, 4.69) is 83.2 Å². The van der Waals surface area contributed by atoms with Gasteiger partial charge in [0.05, 0.1) is 78.9 Å². The van der Waals surface area contributed by atoms with E-state index in [9.17, 15) is 58.8 Å². The molecule has 40 nitrogen and oxygen atoms in total. The largest absolute Gasteiger partial charge is 0.487 e. The normalized spacial score (nSPS) is 12.4. The lowest BCUT2D eigenvalue weighted by atomic mass is 9.89. The fraction of sp³-hybridized carbons (Fsp3) is 0.329. The number of carbonyl (C=O) groups is 9. The van der Waals surface area contributed by atoms with Gasteiger partial charge in [-0.25, -0.2) is 59.0 Å². The Morgan fingerprint density at radius 1 is 0.558 bits per heavy atom. The molecule has 2 aliphatic heterocycles. The van der Waals surface area contributed by atoms with Gasteiger partial charge in [-0.2, -0.15) is 21.0 Å². The Kier molecular flexibility index (Phi) is 36.5. The minimum Gasteiger partial charge on any atom is -0.487 e. The lowest BCUT2D eigenvalue weighted by molar-refractivity contribution is -0.136. The molecular formula is C79H88ClN25O15. The summed E-state index contributed by atoms with van der Waals surface area (Å²) in [5, 5.41) is 74.9. The fourth-order valence-electron chi connectivity index (χ4n) is 11.2. The van der Waals surface area contributed by atoms with Crippen molar-refractivity contribution in [3.05, 3.63) is 170 Å². The predicted octanol–water partition coefficient (Wildman–Crippen LogP) is 7.23. The molecule has 10 heterocycles. The molecule has 41 heteroatoms. The predicted molar refractivity (Wildman–Crippen MR) is 441 cm³/mol. The summed E-state index contributed by atoms with van der Waals surface area (Å²) in [6.45, 7) is 7.08. The molecule has 0 aromatic carbocycles. The van der Waals surface area contributed by atoms with Gasteiger partial charge in [-0.05, 0) is 75.6 Å². The van der Waals surface area contributed by atoms with Crippen LogP contribution >= 0.6 is 11.6 Å². The lowest BCUT2D eigenvalue weighted by Gasteiger charge is -2.32. The number of nitrogens with one attached hydrogen (secondary N) is 7. The smallest absolute Gasteiger partial charge is 0.328 e. The second-order valence-electron chi connectivity index (χ2n) is 26.1. The first kappa shape index (κ1) is 93.0. The molecule has 2 fully saturated rings. The van der Waals surface area contributed by atoms with E-state index >= 15 is 0 Å². The number of aliphatic hydroxyl groups excluding tert-OH is 2. The van der Waals surface area contributed by atoms with Crippen molar-refractivity contribution in [3.63, 3.8) is 0 Å². The van der Waals surface area contributed by atoms with Gasteiger partial charge in [0.1, 0.15) is 111 Å². The van der Waals surface area contributed by atoms with Gasteiger partial charge in [-0.3, -0.25) is 69.7 Å². The van der Waals surface area contributed by atoms with Gasteiger partial charge in [0.15, 0.2) is 25.1 Å². The molecule has 0 bridgehead atoms. The number of halogens is 1. The summed E-state index contributed by atoms with van der Waals surface area (Å²) >= 11 is 5.88. The topological polar surface area (TPSA) is 533 Å². The standard InChI is InChI=1S/C24H29N7O5.C22H27N7O3.C18H20N6O4.C15H12ClN5O3/c1-16(15-35-4)36-20-9-21(26-11-18(20)10-25)28-24(34)30(3)22-6-5-17(19(14-32)27-22)12-31-8-7-29(2)13-23(31)33;1-29(21-4-3-17(19(14-30)27-21)15-5-7-24-8-6-15)22(31)28-20-11-18(25-9-10-32-2)16(12-23)13-26-20;1-24(17-4-3-12(10-25)15(11-26)22-17)18(27)23-16-7-14(20-5-6-28-2)13(8-19)9-21-16;1-21(14-3-2-9(7-22)12(8-23)19-14)15(24)20-13-4-11(16)10(5-17)6-18-13/h5-6,9,11,14,16H,7-8,12-13,15H2,1-4H3,(H,26,28,34);3-4,11,13-15,24H,5-10H2,1-2H3,(H2,25,26,28,31);3-4,7,9,11,25H,5-6,10H2,1-2H3,(H2,20,21,23,27);2-4,6,8,22H,7H2,1H3,(H,18,20,24)/t16-;;;/m0.../s1. The number of nitrogens with zero attached hydrogens (tertiary/aromatic N) is 18. The van der Waals surface area contributed by atoms with E-state index in [1.165, 1.54) is 102 Å². The first-order chi connectivity index (χ1) is 57.8. The molecule has 0 saturated carbocycles. The van der Waals surface area contributed by atoms with E-state index in [0.29, 0.717) is 116 Å². The number of rotatable bonds is 29. The van der Waals surface area contributed by atoms with Crippen molar-refractivity contribution in [2.75, 3.05) is 174 Å². The number of ether oxygens (including phenoxy) is 4. The second-order valence-corrected chi connectivity index (χ2v) is 26.5. The molecule has 0 unspecified atom stereocenters. The van der Waals surface area contributed by atoms with Gasteiger partial charge in [0.2, 0.25) is 5.91 Å². The van der Waals surface area contributed by atoms with Crippen LogP contribution in [0.3, 0.4) is 0 Å². The van der Waals surface area contributed by atoms with Crippen LogP contribution in [-0.4, -0.2) is 243 Å². The molecule has 8 aromatic heterocycles. The first-order valence-corrected chi connectivity index (χ1v) is 37.0. The molecule has 1 atom stereocenters. The molecule has 0 spiro atoms. The third-order valence-electron chi connectivity index (χ3n) is 17.9. The molecule has 0 radical (unpaired) electrons. The summed E-state index contributed by atoms with van der Waals surface area (Å²) < 4.78 is 20.7. The zero-order valence-electron chi connectivity index (χ0n) is 66.9. The van der Waals surface area contributed by atoms with Gasteiger partial charge >= 0.3 is 24.1 Å². The maximum Gasteiger partial charge on any atom is 0.328 e. The molecule has 9 amide bonds. The number of aromatic nitrogens is 8. The van der Waals surface area contributed by atoms with E-state index < -0.39 is 24.1 Å². The Morgan fingerprint density at radius 2 is 0.950 bits per heavy atom. The number of aldehydes is 4. The van der Waals surface area contributed by atoms with Crippen LogP contribution in [0, 0.1) is 45.3 Å². The van der Waals surface area contributed by atoms with Crippen LogP contribution in [0.15, 0.2) is 97.6 Å². The highest BCUT2D eigenvalue weighted by atomic mass is 35.5. The maximum absolute atomic E-state index is 12.8. The number of amides is 9. The summed E-state index contributed by atoms with van der Waals surface area (Å²) in [6, 6.07) is 24.7. The Morgan fingerprint density at radius 3 is 1.35 bits per heavy atom. The summed E-state index contributed by atoms with van der Waals surface area (Å²) in [5.74, 6) is 2.41. The molecule has 626 valence electrons. The van der Waals surface area contributed by atoms with Crippen molar-refractivity contribution >= 4 is 125 Å². The molecule has 8 aromatic rings. The highest BCUT2D eigenvalue weighted by Gasteiger charge is 2.27. The Balaban J connectivity index is 0.000000223. The lowest BCUT2D eigenvalue weighted by Crippen LogP contribution is -2.48. The summed E-state index contributed by atoms with van der Waals surface area (Å²) in [6.07, 6.45) is 9.24. The van der Waals surface area contributed by atoms with Crippen LogP contribution in [0.1, 0.15) is 112 Å². The number of urea groups is 4.